The van der Waals surface area contributed by atoms with Gasteiger partial charge in [-0.05, 0) is 37.4 Å². The zero-order valence-corrected chi connectivity index (χ0v) is 18.6. The van der Waals surface area contributed by atoms with Crippen LogP contribution in [0.4, 0.5) is 18.3 Å². The summed E-state index contributed by atoms with van der Waals surface area (Å²) in [6.07, 6.45) is -0.583. The number of nitrogens with zero attached hydrogens (tertiary/aromatic N) is 3. The van der Waals surface area contributed by atoms with E-state index in [0.29, 0.717) is 36.6 Å². The van der Waals surface area contributed by atoms with Gasteiger partial charge in [-0.15, -0.1) is 11.3 Å². The molecule has 2 N–H and O–H groups in total. The number of likely N-dealkylation sites (tertiary alicyclic amines) is 1. The van der Waals surface area contributed by atoms with Crippen molar-refractivity contribution < 1.29 is 27.6 Å². The molecule has 4 heterocycles. The monoisotopic (exact) mass is 481 g/mol. The molecule has 0 aromatic carbocycles. The summed E-state index contributed by atoms with van der Waals surface area (Å²) in [6.45, 7) is 3.01. The zero-order chi connectivity index (χ0) is 23.8. The number of carbonyl (C=O) groups excluding carboxylic acids is 3. The fourth-order valence-corrected chi connectivity index (χ4v) is 5.26. The highest BCUT2D eigenvalue weighted by molar-refractivity contribution is 7.15. The number of Topliss-reactive ketones (excluding diaryl/α,β-unsaturated/α-hetero) is 1. The molecule has 0 aliphatic carbocycles. The first-order valence-corrected chi connectivity index (χ1v) is 11.2. The number of halogens is 3. The van der Waals surface area contributed by atoms with Gasteiger partial charge in [-0.1, -0.05) is 6.07 Å². The van der Waals surface area contributed by atoms with Gasteiger partial charge in [0.05, 0.1) is 0 Å². The Bertz CT molecular complexity index is 1070. The Hall–Kier alpha value is -2.86. The molecule has 12 heteroatoms. The minimum Gasteiger partial charge on any atom is -0.342 e. The van der Waals surface area contributed by atoms with Crippen molar-refractivity contribution in [2.24, 2.45) is 5.92 Å². The maximum absolute atomic E-state index is 13.3. The molecule has 2 fully saturated rings. The number of nitrogens with one attached hydrogen (secondary N) is 2. The molecule has 33 heavy (non-hydrogen) atoms. The molecular formula is C21H22F3N5O3S. The SMILES string of the molecule is CC(=O)Nc1ncc(CN2CCCC3(C2)NC(=O)C(Cc2ccc(C(F)(F)F)nc2)C3=O)s1. The Morgan fingerprint density at radius 2 is 2.09 bits per heavy atom. The van der Waals surface area contributed by atoms with Crippen LogP contribution in [-0.2, 0) is 33.5 Å². The Balaban J connectivity index is 1.43. The predicted octanol–water partition coefficient (Wildman–Crippen LogP) is 2.41. The minimum atomic E-state index is -4.55. The lowest BCUT2D eigenvalue weighted by Gasteiger charge is -2.39. The molecule has 8 nitrogen and oxygen atoms in total. The zero-order valence-electron chi connectivity index (χ0n) is 17.7. The van der Waals surface area contributed by atoms with Crippen LogP contribution in [0.2, 0.25) is 0 Å². The number of alkyl halides is 3. The third-order valence-corrected chi connectivity index (χ3v) is 6.71. The summed E-state index contributed by atoms with van der Waals surface area (Å²) in [7, 11) is 0. The quantitative estimate of drug-likeness (QED) is 0.636. The van der Waals surface area contributed by atoms with E-state index >= 15 is 0 Å². The second kappa shape index (κ2) is 8.82. The fraction of sp³-hybridized carbons (Fsp3) is 0.476. The van der Waals surface area contributed by atoms with E-state index in [9.17, 15) is 27.6 Å². The number of thiazole rings is 1. The maximum Gasteiger partial charge on any atom is 0.433 e. The van der Waals surface area contributed by atoms with Crippen molar-refractivity contribution in [2.45, 2.75) is 44.4 Å². The number of hydrogen-bond acceptors (Lipinski definition) is 7. The third kappa shape index (κ3) is 5.06. The van der Waals surface area contributed by atoms with E-state index in [1.54, 1.807) is 6.20 Å². The summed E-state index contributed by atoms with van der Waals surface area (Å²) >= 11 is 1.35. The van der Waals surface area contributed by atoms with Gasteiger partial charge in [0.15, 0.2) is 10.9 Å². The molecule has 2 unspecified atom stereocenters. The van der Waals surface area contributed by atoms with Crippen LogP contribution in [0.25, 0.3) is 0 Å². The van der Waals surface area contributed by atoms with Crippen LogP contribution in [-0.4, -0.2) is 51.1 Å². The first kappa shape index (κ1) is 23.3. The number of ketones is 1. The van der Waals surface area contributed by atoms with Crippen molar-refractivity contribution in [1.29, 1.82) is 0 Å². The normalized spacial score (nSPS) is 23.7. The molecule has 2 atom stereocenters. The molecule has 0 bridgehead atoms. The Kier molecular flexibility index (Phi) is 6.23. The fourth-order valence-electron chi connectivity index (χ4n) is 4.36. The van der Waals surface area contributed by atoms with Gasteiger partial charge in [-0.2, -0.15) is 13.2 Å². The molecule has 2 aliphatic heterocycles. The second-order valence-corrected chi connectivity index (χ2v) is 9.48. The van der Waals surface area contributed by atoms with Crippen LogP contribution in [0.1, 0.15) is 35.9 Å². The Labute approximate surface area is 191 Å². The number of piperidine rings is 1. The standard InChI is InChI=1S/C21H22F3N5O3S/c1-12(30)27-19-26-9-14(33-19)10-29-6-2-5-20(11-29)17(31)15(18(32)28-20)7-13-3-4-16(25-8-13)21(22,23)24/h3-4,8-9,15H,2,5-7,10-11H2,1H3,(H,28,32)(H,26,27,30). The summed E-state index contributed by atoms with van der Waals surface area (Å²) in [5, 5.41) is 6.01. The summed E-state index contributed by atoms with van der Waals surface area (Å²) in [6, 6.07) is 2.11. The van der Waals surface area contributed by atoms with Crippen LogP contribution in [0.15, 0.2) is 24.5 Å². The van der Waals surface area contributed by atoms with E-state index in [0.717, 1.165) is 23.7 Å². The van der Waals surface area contributed by atoms with Gasteiger partial charge < -0.3 is 10.6 Å². The first-order chi connectivity index (χ1) is 15.6. The van der Waals surface area contributed by atoms with Crippen molar-refractivity contribution in [2.75, 3.05) is 18.4 Å². The van der Waals surface area contributed by atoms with Crippen LogP contribution in [0.5, 0.6) is 0 Å². The summed E-state index contributed by atoms with van der Waals surface area (Å²) in [4.78, 5) is 47.7. The second-order valence-electron chi connectivity index (χ2n) is 8.37. The van der Waals surface area contributed by atoms with Gasteiger partial charge in [-0.25, -0.2) is 4.98 Å². The molecular weight excluding hydrogens is 459 g/mol. The van der Waals surface area contributed by atoms with E-state index in [4.69, 9.17) is 0 Å². The van der Waals surface area contributed by atoms with Crippen molar-refractivity contribution in [1.82, 2.24) is 20.2 Å². The van der Waals surface area contributed by atoms with Crippen LogP contribution in [0, 0.1) is 5.92 Å². The van der Waals surface area contributed by atoms with E-state index in [1.165, 1.54) is 24.3 Å². The number of hydrogen-bond donors (Lipinski definition) is 2. The van der Waals surface area contributed by atoms with Crippen LogP contribution >= 0.6 is 11.3 Å². The minimum absolute atomic E-state index is 0.00642. The lowest BCUT2D eigenvalue weighted by atomic mass is 9.82. The first-order valence-electron chi connectivity index (χ1n) is 10.4. The van der Waals surface area contributed by atoms with E-state index in [1.807, 2.05) is 0 Å². The Morgan fingerprint density at radius 3 is 2.76 bits per heavy atom. The highest BCUT2D eigenvalue weighted by Gasteiger charge is 2.53. The van der Waals surface area contributed by atoms with E-state index in [2.05, 4.69) is 25.5 Å². The lowest BCUT2D eigenvalue weighted by molar-refractivity contribution is -0.141. The van der Waals surface area contributed by atoms with Crippen LogP contribution in [0.3, 0.4) is 0 Å². The molecule has 0 saturated carbocycles. The molecule has 2 saturated heterocycles. The number of aromatic nitrogens is 2. The van der Waals surface area contributed by atoms with E-state index in [-0.39, 0.29) is 18.1 Å². The number of amides is 2. The van der Waals surface area contributed by atoms with Crippen molar-refractivity contribution >= 4 is 34.1 Å². The molecule has 0 radical (unpaired) electrons. The van der Waals surface area contributed by atoms with Gasteiger partial charge in [0.1, 0.15) is 17.2 Å². The van der Waals surface area contributed by atoms with Crippen LogP contribution < -0.4 is 10.6 Å². The number of pyridine rings is 1. The highest BCUT2D eigenvalue weighted by Crippen LogP contribution is 2.34. The Morgan fingerprint density at radius 1 is 1.30 bits per heavy atom. The summed E-state index contributed by atoms with van der Waals surface area (Å²) in [5.41, 5.74) is -1.63. The molecule has 176 valence electrons. The molecule has 2 aliphatic rings. The lowest BCUT2D eigenvalue weighted by Crippen LogP contribution is -2.58. The topological polar surface area (TPSA) is 104 Å². The van der Waals surface area contributed by atoms with Crippen molar-refractivity contribution in [3.05, 3.63) is 40.7 Å². The van der Waals surface area contributed by atoms with Gasteiger partial charge in [0.25, 0.3) is 0 Å². The molecule has 2 amide bonds. The maximum atomic E-state index is 13.3. The van der Waals surface area contributed by atoms with E-state index < -0.39 is 29.2 Å². The average molecular weight is 482 g/mol. The highest BCUT2D eigenvalue weighted by atomic mass is 32.1. The van der Waals surface area contributed by atoms with Gasteiger partial charge in [-0.3, -0.25) is 24.3 Å². The molecule has 4 rings (SSSR count). The summed E-state index contributed by atoms with van der Waals surface area (Å²) < 4.78 is 38.2. The molecule has 1 spiro atoms. The third-order valence-electron chi connectivity index (χ3n) is 5.81. The largest absolute Gasteiger partial charge is 0.433 e. The average Bonchev–Trinajstić information content (AvgIpc) is 3.25. The van der Waals surface area contributed by atoms with Crippen molar-refractivity contribution in [3.8, 4) is 0 Å². The predicted molar refractivity (Wildman–Crippen MR) is 113 cm³/mol. The summed E-state index contributed by atoms with van der Waals surface area (Å²) in [5.74, 6) is -1.81. The number of rotatable bonds is 5. The smallest absolute Gasteiger partial charge is 0.342 e. The molecule has 2 aromatic heterocycles. The number of anilines is 1. The van der Waals surface area contributed by atoms with Gasteiger partial charge >= 0.3 is 6.18 Å². The number of carbonyl (C=O) groups is 3. The van der Waals surface area contributed by atoms with Gasteiger partial charge in [0.2, 0.25) is 11.8 Å². The van der Waals surface area contributed by atoms with Crippen molar-refractivity contribution in [3.63, 3.8) is 0 Å². The van der Waals surface area contributed by atoms with Gasteiger partial charge in [0, 0.05) is 37.3 Å². The molecule has 2 aromatic rings.